The fraction of sp³-hybridized carbons (Fsp3) is 0.538. The van der Waals surface area contributed by atoms with E-state index in [0.717, 1.165) is 19.3 Å². The van der Waals surface area contributed by atoms with Crippen LogP contribution in [0.15, 0.2) is 16.6 Å². The van der Waals surface area contributed by atoms with Crippen molar-refractivity contribution in [1.82, 2.24) is 0 Å². The molecule has 1 aliphatic carbocycles. The van der Waals surface area contributed by atoms with E-state index in [1.54, 1.807) is 19.2 Å². The number of benzene rings is 1. The van der Waals surface area contributed by atoms with E-state index >= 15 is 0 Å². The maximum Gasteiger partial charge on any atom is 0.147 e. The van der Waals surface area contributed by atoms with Crippen molar-refractivity contribution in [3.63, 3.8) is 0 Å². The zero-order valence-electron chi connectivity index (χ0n) is 10.2. The first-order valence-electron chi connectivity index (χ1n) is 5.93. The molecule has 1 fully saturated rings. The van der Waals surface area contributed by atoms with Gasteiger partial charge in [-0.05, 0) is 47.7 Å². The highest BCUT2D eigenvalue weighted by atomic mass is 79.9. The van der Waals surface area contributed by atoms with Crippen molar-refractivity contribution in [3.8, 4) is 0 Å². The Morgan fingerprint density at radius 3 is 2.72 bits per heavy atom. The highest BCUT2D eigenvalue weighted by Gasteiger charge is 2.39. The first-order valence-corrected chi connectivity index (χ1v) is 7.10. The van der Waals surface area contributed by atoms with Gasteiger partial charge in [0, 0.05) is 23.2 Å². The van der Waals surface area contributed by atoms with Gasteiger partial charge in [-0.2, -0.15) is 0 Å². The summed E-state index contributed by atoms with van der Waals surface area (Å²) in [6.07, 6.45) is 3.74. The Bertz CT molecular complexity index is 445. The van der Waals surface area contributed by atoms with Crippen molar-refractivity contribution in [2.45, 2.75) is 37.3 Å². The molecule has 0 radical (unpaired) electrons. The minimum atomic E-state index is -0.441. The summed E-state index contributed by atoms with van der Waals surface area (Å²) >= 11 is 9.06. The van der Waals surface area contributed by atoms with Gasteiger partial charge in [-0.15, -0.1) is 0 Å². The predicted molar refractivity (Wildman–Crippen MR) is 74.2 cm³/mol. The lowest BCUT2D eigenvalue weighted by Gasteiger charge is -2.42. The van der Waals surface area contributed by atoms with Gasteiger partial charge in [0.1, 0.15) is 5.82 Å². The first kappa shape index (κ1) is 14.3. The largest absolute Gasteiger partial charge is 0.378 e. The van der Waals surface area contributed by atoms with Crippen molar-refractivity contribution < 1.29 is 9.13 Å². The molecule has 1 aromatic rings. The average Bonchev–Trinajstić information content (AvgIpc) is 2.31. The van der Waals surface area contributed by atoms with E-state index in [0.29, 0.717) is 16.5 Å². The van der Waals surface area contributed by atoms with Crippen molar-refractivity contribution in [3.05, 3.63) is 33.0 Å². The summed E-state index contributed by atoms with van der Waals surface area (Å²) in [7, 11) is 1.69. The van der Waals surface area contributed by atoms with Gasteiger partial charge >= 0.3 is 0 Å². The molecule has 0 aliphatic heterocycles. The van der Waals surface area contributed by atoms with Gasteiger partial charge in [-0.3, -0.25) is 0 Å². The SMILES string of the molecule is COC1(CC(N)c2ccc(Br)c(Cl)c2F)CCC1. The molecule has 5 heteroatoms. The molecular formula is C13H16BrClFNO. The maximum absolute atomic E-state index is 14.0. The molecule has 0 bridgehead atoms. The second kappa shape index (κ2) is 5.45. The summed E-state index contributed by atoms with van der Waals surface area (Å²) in [6, 6.07) is 3.01. The second-order valence-electron chi connectivity index (χ2n) is 4.82. The number of methoxy groups -OCH3 is 1. The molecule has 1 saturated carbocycles. The van der Waals surface area contributed by atoms with Crippen molar-refractivity contribution in [2.24, 2.45) is 5.73 Å². The van der Waals surface area contributed by atoms with Crippen molar-refractivity contribution >= 4 is 27.5 Å². The highest BCUT2D eigenvalue weighted by Crippen LogP contribution is 2.42. The van der Waals surface area contributed by atoms with Crippen LogP contribution in [0.5, 0.6) is 0 Å². The molecule has 0 spiro atoms. The van der Waals surface area contributed by atoms with E-state index in [4.69, 9.17) is 22.1 Å². The van der Waals surface area contributed by atoms with Crippen LogP contribution in [0.3, 0.4) is 0 Å². The van der Waals surface area contributed by atoms with E-state index in [2.05, 4.69) is 15.9 Å². The normalized spacial score (nSPS) is 19.4. The van der Waals surface area contributed by atoms with Crippen LogP contribution in [0.4, 0.5) is 4.39 Å². The Labute approximate surface area is 120 Å². The Hall–Kier alpha value is -0.160. The molecule has 1 atom stereocenters. The number of nitrogens with two attached hydrogens (primary N) is 1. The number of hydrogen-bond donors (Lipinski definition) is 1. The molecule has 1 aromatic carbocycles. The van der Waals surface area contributed by atoms with E-state index in [9.17, 15) is 4.39 Å². The van der Waals surface area contributed by atoms with E-state index in [1.165, 1.54) is 0 Å². The molecule has 0 saturated heterocycles. The van der Waals surface area contributed by atoms with Crippen LogP contribution < -0.4 is 5.73 Å². The number of rotatable bonds is 4. The van der Waals surface area contributed by atoms with Gasteiger partial charge in [0.2, 0.25) is 0 Å². The summed E-state index contributed by atoms with van der Waals surface area (Å²) in [5.41, 5.74) is 6.37. The quantitative estimate of drug-likeness (QED) is 0.836. The Morgan fingerprint density at radius 1 is 1.56 bits per heavy atom. The minimum Gasteiger partial charge on any atom is -0.378 e. The molecule has 18 heavy (non-hydrogen) atoms. The van der Waals surface area contributed by atoms with Crippen LogP contribution in [0, 0.1) is 5.82 Å². The average molecular weight is 337 g/mol. The second-order valence-corrected chi connectivity index (χ2v) is 6.05. The minimum absolute atomic E-state index is 0.0861. The monoisotopic (exact) mass is 335 g/mol. The number of hydrogen-bond acceptors (Lipinski definition) is 2. The lowest BCUT2D eigenvalue weighted by molar-refractivity contribution is -0.0818. The van der Waals surface area contributed by atoms with Crippen LogP contribution >= 0.6 is 27.5 Å². The Balaban J connectivity index is 2.19. The third-order valence-corrected chi connectivity index (χ3v) is 5.01. The lowest BCUT2D eigenvalue weighted by atomic mass is 9.75. The van der Waals surface area contributed by atoms with Crippen molar-refractivity contribution in [1.29, 1.82) is 0 Å². The Morgan fingerprint density at radius 2 is 2.22 bits per heavy atom. The summed E-state index contributed by atoms with van der Waals surface area (Å²) < 4.78 is 20.1. The molecule has 2 rings (SSSR count). The first-order chi connectivity index (χ1) is 8.49. The third kappa shape index (κ3) is 2.57. The molecule has 2 nitrogen and oxygen atoms in total. The van der Waals surface area contributed by atoms with E-state index in [1.807, 2.05) is 0 Å². The van der Waals surface area contributed by atoms with Gasteiger partial charge in [0.05, 0.1) is 10.6 Å². The van der Waals surface area contributed by atoms with E-state index in [-0.39, 0.29) is 10.6 Å². The van der Waals surface area contributed by atoms with Crippen LogP contribution in [-0.4, -0.2) is 12.7 Å². The summed E-state index contributed by atoms with van der Waals surface area (Å²) in [5.74, 6) is -0.441. The zero-order chi connectivity index (χ0) is 13.3. The van der Waals surface area contributed by atoms with Gasteiger partial charge in [0.25, 0.3) is 0 Å². The maximum atomic E-state index is 14.0. The van der Waals surface area contributed by atoms with Gasteiger partial charge in [0.15, 0.2) is 0 Å². The fourth-order valence-corrected chi connectivity index (χ4v) is 2.88. The summed E-state index contributed by atoms with van der Waals surface area (Å²) in [6.45, 7) is 0. The van der Waals surface area contributed by atoms with Crippen LogP contribution in [0.25, 0.3) is 0 Å². The molecule has 2 N–H and O–H groups in total. The zero-order valence-corrected chi connectivity index (χ0v) is 12.5. The smallest absolute Gasteiger partial charge is 0.147 e. The summed E-state index contributed by atoms with van der Waals surface area (Å²) in [5, 5.41) is 0.0861. The van der Waals surface area contributed by atoms with E-state index < -0.39 is 11.9 Å². The van der Waals surface area contributed by atoms with Crippen LogP contribution in [-0.2, 0) is 4.74 Å². The van der Waals surface area contributed by atoms with Gasteiger partial charge < -0.3 is 10.5 Å². The van der Waals surface area contributed by atoms with Crippen molar-refractivity contribution in [2.75, 3.05) is 7.11 Å². The lowest BCUT2D eigenvalue weighted by Crippen LogP contribution is -2.42. The van der Waals surface area contributed by atoms with Gasteiger partial charge in [-0.1, -0.05) is 17.7 Å². The Kier molecular flexibility index (Phi) is 4.32. The molecule has 0 heterocycles. The molecule has 0 aromatic heterocycles. The molecule has 0 amide bonds. The van der Waals surface area contributed by atoms with Crippen LogP contribution in [0.2, 0.25) is 5.02 Å². The number of halogens is 3. The molecule has 100 valence electrons. The summed E-state index contributed by atoms with van der Waals surface area (Å²) in [4.78, 5) is 0. The van der Waals surface area contributed by atoms with Crippen LogP contribution in [0.1, 0.15) is 37.3 Å². The number of ether oxygens (including phenoxy) is 1. The topological polar surface area (TPSA) is 35.2 Å². The molecular weight excluding hydrogens is 321 g/mol. The highest BCUT2D eigenvalue weighted by molar-refractivity contribution is 9.10. The predicted octanol–water partition coefficient (Wildman–Crippen LogP) is 4.20. The molecule has 1 aliphatic rings. The fourth-order valence-electron chi connectivity index (χ4n) is 2.40. The standard InChI is InChI=1S/C13H16BrClFNO/c1-18-13(5-2-6-13)7-10(17)8-3-4-9(14)11(15)12(8)16/h3-4,10H,2,5-7,17H2,1H3. The molecule has 1 unspecified atom stereocenters. The van der Waals surface area contributed by atoms with Gasteiger partial charge in [-0.25, -0.2) is 4.39 Å². The third-order valence-electron chi connectivity index (χ3n) is 3.75.